The van der Waals surface area contributed by atoms with Gasteiger partial charge in [0.2, 0.25) is 0 Å². The van der Waals surface area contributed by atoms with E-state index in [0.717, 1.165) is 5.69 Å². The first-order valence-corrected chi connectivity index (χ1v) is 7.58. The standard InChI is InChI=1S/C12H15N3O3S/c13-8-5-11-9(14-12(16)7-18-11)6-10(8)15-1-3-19(17)4-2-15/h5-6H,1-4,7,13H2,(H,14,16). The van der Waals surface area contributed by atoms with Crippen LogP contribution >= 0.6 is 0 Å². The van der Waals surface area contributed by atoms with E-state index >= 15 is 0 Å². The van der Waals surface area contributed by atoms with Gasteiger partial charge in [0, 0.05) is 41.5 Å². The molecule has 2 aliphatic heterocycles. The molecule has 0 bridgehead atoms. The maximum Gasteiger partial charge on any atom is 0.262 e. The van der Waals surface area contributed by atoms with Gasteiger partial charge < -0.3 is 20.7 Å². The summed E-state index contributed by atoms with van der Waals surface area (Å²) >= 11 is 0. The van der Waals surface area contributed by atoms with Crippen LogP contribution in [0.3, 0.4) is 0 Å². The Hall–Kier alpha value is -1.76. The van der Waals surface area contributed by atoms with Crippen molar-refractivity contribution in [2.75, 3.05) is 47.2 Å². The van der Waals surface area contributed by atoms with E-state index in [9.17, 15) is 9.00 Å². The van der Waals surface area contributed by atoms with Crippen LogP contribution in [0.2, 0.25) is 0 Å². The number of carbonyl (C=O) groups excluding carboxylic acids is 1. The number of nitrogens with zero attached hydrogens (tertiary/aromatic N) is 1. The van der Waals surface area contributed by atoms with Crippen LogP contribution in [0.25, 0.3) is 0 Å². The molecular formula is C12H15N3O3S. The summed E-state index contributed by atoms with van der Waals surface area (Å²) in [6.07, 6.45) is 0. The number of fused-ring (bicyclic) bond motifs is 1. The summed E-state index contributed by atoms with van der Waals surface area (Å²) in [7, 11) is -0.726. The summed E-state index contributed by atoms with van der Waals surface area (Å²) in [6, 6.07) is 3.56. The number of amides is 1. The average molecular weight is 281 g/mol. The summed E-state index contributed by atoms with van der Waals surface area (Å²) in [5.74, 6) is 1.74. The molecule has 7 heteroatoms. The molecule has 1 aromatic rings. The molecule has 1 amide bonds. The summed E-state index contributed by atoms with van der Waals surface area (Å²) in [4.78, 5) is 13.4. The fourth-order valence-corrected chi connectivity index (χ4v) is 3.34. The summed E-state index contributed by atoms with van der Waals surface area (Å²) in [5, 5.41) is 2.77. The number of ether oxygens (including phenoxy) is 1. The van der Waals surface area contributed by atoms with Crippen LogP contribution in [0, 0.1) is 0 Å². The van der Waals surface area contributed by atoms with Gasteiger partial charge in [-0.1, -0.05) is 0 Å². The van der Waals surface area contributed by atoms with Gasteiger partial charge in [-0.15, -0.1) is 0 Å². The van der Waals surface area contributed by atoms with Gasteiger partial charge in [-0.05, 0) is 6.07 Å². The van der Waals surface area contributed by atoms with Gasteiger partial charge in [0.1, 0.15) is 5.75 Å². The van der Waals surface area contributed by atoms with E-state index in [1.807, 2.05) is 6.07 Å². The molecule has 102 valence electrons. The van der Waals surface area contributed by atoms with Crippen molar-refractivity contribution < 1.29 is 13.7 Å². The van der Waals surface area contributed by atoms with Gasteiger partial charge in [0.15, 0.2) is 6.61 Å². The molecule has 0 unspecified atom stereocenters. The zero-order valence-corrected chi connectivity index (χ0v) is 11.2. The van der Waals surface area contributed by atoms with E-state index in [1.54, 1.807) is 6.07 Å². The van der Waals surface area contributed by atoms with Crippen molar-refractivity contribution in [2.45, 2.75) is 0 Å². The largest absolute Gasteiger partial charge is 0.482 e. The number of hydrogen-bond acceptors (Lipinski definition) is 5. The first kappa shape index (κ1) is 12.3. The molecule has 1 aromatic carbocycles. The Morgan fingerprint density at radius 3 is 2.79 bits per heavy atom. The van der Waals surface area contributed by atoms with E-state index in [0.29, 0.717) is 41.7 Å². The Balaban J connectivity index is 1.91. The highest BCUT2D eigenvalue weighted by atomic mass is 32.2. The minimum absolute atomic E-state index is 0.0223. The molecular weight excluding hydrogens is 266 g/mol. The second-order valence-electron chi connectivity index (χ2n) is 4.58. The van der Waals surface area contributed by atoms with E-state index in [2.05, 4.69) is 10.2 Å². The van der Waals surface area contributed by atoms with Gasteiger partial charge in [0.25, 0.3) is 5.91 Å². The van der Waals surface area contributed by atoms with Crippen molar-refractivity contribution in [2.24, 2.45) is 0 Å². The Bertz CT molecular complexity index is 551. The topological polar surface area (TPSA) is 84.7 Å². The predicted octanol–water partition coefficient (Wildman–Crippen LogP) is 0.168. The Labute approximate surface area is 113 Å². The minimum Gasteiger partial charge on any atom is -0.482 e. The first-order valence-electron chi connectivity index (χ1n) is 6.09. The summed E-state index contributed by atoms with van der Waals surface area (Å²) in [6.45, 7) is 1.45. The molecule has 6 nitrogen and oxygen atoms in total. The van der Waals surface area contributed by atoms with Crippen molar-refractivity contribution in [3.05, 3.63) is 12.1 Å². The highest BCUT2D eigenvalue weighted by Gasteiger charge is 2.22. The fourth-order valence-electron chi connectivity index (χ4n) is 2.28. The number of hydrogen-bond donors (Lipinski definition) is 2. The van der Waals surface area contributed by atoms with Gasteiger partial charge in [-0.25, -0.2) is 0 Å². The molecule has 1 saturated heterocycles. The van der Waals surface area contributed by atoms with Crippen molar-refractivity contribution in [1.29, 1.82) is 0 Å². The van der Waals surface area contributed by atoms with Crippen LogP contribution in [0.15, 0.2) is 12.1 Å². The van der Waals surface area contributed by atoms with Gasteiger partial charge in [-0.2, -0.15) is 0 Å². The van der Waals surface area contributed by atoms with Crippen LogP contribution in [-0.4, -0.2) is 41.3 Å². The smallest absolute Gasteiger partial charge is 0.262 e. The monoisotopic (exact) mass is 281 g/mol. The van der Waals surface area contributed by atoms with Crippen LogP contribution in [0.1, 0.15) is 0 Å². The predicted molar refractivity (Wildman–Crippen MR) is 75.1 cm³/mol. The number of rotatable bonds is 1. The lowest BCUT2D eigenvalue weighted by Crippen LogP contribution is -2.38. The Morgan fingerprint density at radius 2 is 2.05 bits per heavy atom. The van der Waals surface area contributed by atoms with Crippen LogP contribution in [0.4, 0.5) is 17.1 Å². The van der Waals surface area contributed by atoms with Gasteiger partial charge >= 0.3 is 0 Å². The highest BCUT2D eigenvalue weighted by molar-refractivity contribution is 7.85. The lowest BCUT2D eigenvalue weighted by atomic mass is 10.2. The molecule has 0 aromatic heterocycles. The average Bonchev–Trinajstić information content (AvgIpc) is 2.40. The van der Waals surface area contributed by atoms with Crippen LogP contribution < -0.4 is 20.7 Å². The lowest BCUT2D eigenvalue weighted by Gasteiger charge is -2.30. The number of nitrogens with two attached hydrogens (primary N) is 1. The van der Waals surface area contributed by atoms with Crippen molar-refractivity contribution in [3.63, 3.8) is 0 Å². The third kappa shape index (κ3) is 2.37. The number of nitrogens with one attached hydrogen (secondary N) is 1. The maximum atomic E-state index is 11.4. The minimum atomic E-state index is -0.726. The Morgan fingerprint density at radius 1 is 1.32 bits per heavy atom. The van der Waals surface area contributed by atoms with E-state index in [4.69, 9.17) is 10.5 Å². The number of carbonyl (C=O) groups is 1. The molecule has 2 heterocycles. The van der Waals surface area contributed by atoms with E-state index < -0.39 is 10.8 Å². The zero-order chi connectivity index (χ0) is 13.4. The third-order valence-corrected chi connectivity index (χ3v) is 4.56. The van der Waals surface area contributed by atoms with Crippen LogP contribution in [0.5, 0.6) is 5.75 Å². The zero-order valence-electron chi connectivity index (χ0n) is 10.3. The van der Waals surface area contributed by atoms with Crippen molar-refractivity contribution in [3.8, 4) is 5.75 Å². The summed E-state index contributed by atoms with van der Waals surface area (Å²) < 4.78 is 16.7. The molecule has 0 atom stereocenters. The summed E-state index contributed by atoms with van der Waals surface area (Å²) in [5.41, 5.74) is 8.16. The first-order chi connectivity index (χ1) is 9.13. The van der Waals surface area contributed by atoms with Crippen molar-refractivity contribution in [1.82, 2.24) is 0 Å². The molecule has 0 saturated carbocycles. The normalized spacial score (nSPS) is 19.6. The van der Waals surface area contributed by atoms with Gasteiger partial charge in [-0.3, -0.25) is 9.00 Å². The fraction of sp³-hybridized carbons (Fsp3) is 0.417. The van der Waals surface area contributed by atoms with Gasteiger partial charge in [0.05, 0.1) is 17.1 Å². The molecule has 1 fully saturated rings. The molecule has 0 spiro atoms. The highest BCUT2D eigenvalue weighted by Crippen LogP contribution is 2.37. The second-order valence-corrected chi connectivity index (χ2v) is 6.28. The molecule has 2 aliphatic rings. The van der Waals surface area contributed by atoms with Crippen LogP contribution in [-0.2, 0) is 15.6 Å². The Kier molecular flexibility index (Phi) is 3.06. The SMILES string of the molecule is Nc1cc2c(cc1N1CCS(=O)CC1)NC(=O)CO2. The van der Waals surface area contributed by atoms with Crippen molar-refractivity contribution >= 4 is 33.8 Å². The quantitative estimate of drug-likeness (QED) is 0.717. The van der Waals surface area contributed by atoms with E-state index in [1.165, 1.54) is 0 Å². The molecule has 0 radical (unpaired) electrons. The van der Waals surface area contributed by atoms with E-state index in [-0.39, 0.29) is 12.5 Å². The molecule has 3 N–H and O–H groups in total. The maximum absolute atomic E-state index is 11.4. The molecule has 19 heavy (non-hydrogen) atoms. The number of anilines is 3. The third-order valence-electron chi connectivity index (χ3n) is 3.28. The number of benzene rings is 1. The molecule has 0 aliphatic carbocycles. The molecule has 3 rings (SSSR count). The second kappa shape index (κ2) is 4.73. The lowest BCUT2D eigenvalue weighted by molar-refractivity contribution is -0.118. The number of nitrogen functional groups attached to an aromatic ring is 1.